The van der Waals surface area contributed by atoms with Gasteiger partial charge in [0.05, 0.1) is 11.8 Å². The van der Waals surface area contributed by atoms with Crippen LogP contribution < -0.4 is 0 Å². The number of hydrogen-bond acceptors (Lipinski definition) is 4. The molecule has 1 heterocycles. The summed E-state index contributed by atoms with van der Waals surface area (Å²) >= 11 is 0. The molecule has 9 heteroatoms. The van der Waals surface area contributed by atoms with E-state index in [0.717, 1.165) is 16.8 Å². The molecule has 0 aliphatic carbocycles. The molecule has 0 fully saturated rings. The van der Waals surface area contributed by atoms with Gasteiger partial charge in [-0.25, -0.2) is 8.42 Å². The number of methoxy groups -OCH3 is 1. The summed E-state index contributed by atoms with van der Waals surface area (Å²) in [7, 11) is -0.493. The van der Waals surface area contributed by atoms with Gasteiger partial charge in [0, 0.05) is 20.2 Å². The minimum atomic E-state index is -3.84. The van der Waals surface area contributed by atoms with Crippen molar-refractivity contribution < 1.29 is 13.2 Å². The standard InChI is InChI=1S/C23H31B2N3O3S/c1-19(31-5)22-16-23(26-27(22)4)32(29,30)28(24(2)17-20-12-8-6-9-13-20)25(3)18-21-14-10-7-11-15-21/h6-16,19H,17-18H2,1-5H3. The van der Waals surface area contributed by atoms with Gasteiger partial charge in [-0.2, -0.15) is 5.10 Å². The zero-order valence-electron chi connectivity index (χ0n) is 19.5. The Balaban J connectivity index is 1.98. The molecule has 1 aromatic heterocycles. The molecule has 1 atom stereocenters. The van der Waals surface area contributed by atoms with Gasteiger partial charge >= 0.3 is 0 Å². The lowest BCUT2D eigenvalue weighted by Gasteiger charge is -2.30. The van der Waals surface area contributed by atoms with Crippen LogP contribution in [0.25, 0.3) is 0 Å². The van der Waals surface area contributed by atoms with Crippen LogP contribution in [0.4, 0.5) is 0 Å². The van der Waals surface area contributed by atoms with Gasteiger partial charge in [0.2, 0.25) is 23.7 Å². The smallest absolute Gasteiger partial charge is 0.242 e. The van der Waals surface area contributed by atoms with Crippen LogP contribution >= 0.6 is 0 Å². The van der Waals surface area contributed by atoms with E-state index < -0.39 is 10.0 Å². The van der Waals surface area contributed by atoms with Crippen molar-refractivity contribution in [2.24, 2.45) is 7.05 Å². The van der Waals surface area contributed by atoms with Crippen molar-refractivity contribution in [3.05, 3.63) is 83.6 Å². The van der Waals surface area contributed by atoms with Gasteiger partial charge in [0.15, 0.2) is 5.03 Å². The molecule has 2 aromatic carbocycles. The highest BCUT2D eigenvalue weighted by Crippen LogP contribution is 2.24. The Labute approximate surface area is 192 Å². The lowest BCUT2D eigenvalue weighted by atomic mass is 9.48. The molecule has 0 radical (unpaired) electrons. The predicted octanol–water partition coefficient (Wildman–Crippen LogP) is 3.92. The topological polar surface area (TPSA) is 64.4 Å². The molecule has 3 rings (SSSR count). The molecule has 0 saturated heterocycles. The summed E-state index contributed by atoms with van der Waals surface area (Å²) in [5.41, 5.74) is 2.92. The Morgan fingerprint density at radius 2 is 1.44 bits per heavy atom. The van der Waals surface area contributed by atoms with Crippen LogP contribution in [0.3, 0.4) is 0 Å². The summed E-state index contributed by atoms with van der Waals surface area (Å²) in [6, 6.07) is 21.6. The zero-order chi connectivity index (χ0) is 23.3. The summed E-state index contributed by atoms with van der Waals surface area (Å²) in [6.45, 7) is 5.32. The van der Waals surface area contributed by atoms with Crippen LogP contribution in [-0.2, 0) is 34.4 Å². The fourth-order valence-corrected chi connectivity index (χ4v) is 6.00. The molecule has 0 bridgehead atoms. The van der Waals surface area contributed by atoms with Crippen LogP contribution in [-0.4, -0.2) is 43.1 Å². The van der Waals surface area contributed by atoms with Crippen LogP contribution in [0.5, 0.6) is 0 Å². The van der Waals surface area contributed by atoms with Crippen molar-refractivity contribution in [2.45, 2.75) is 44.3 Å². The van der Waals surface area contributed by atoms with E-state index in [9.17, 15) is 8.42 Å². The molecule has 0 N–H and O–H groups in total. The summed E-state index contributed by atoms with van der Waals surface area (Å²) in [5, 5.41) is 4.41. The largest absolute Gasteiger partial charge is 0.375 e. The molecule has 168 valence electrons. The van der Waals surface area contributed by atoms with Crippen molar-refractivity contribution >= 4 is 23.7 Å². The maximum atomic E-state index is 13.9. The normalized spacial score (nSPS) is 12.7. The minimum absolute atomic E-state index is 0.0544. The molecular formula is C23H31B2N3O3S. The second kappa shape index (κ2) is 10.5. The first-order valence-electron chi connectivity index (χ1n) is 10.9. The number of hydrogen-bond donors (Lipinski definition) is 0. The van der Waals surface area contributed by atoms with Crippen molar-refractivity contribution in [1.29, 1.82) is 0 Å². The van der Waals surface area contributed by atoms with Gasteiger partial charge in [-0.15, -0.1) is 0 Å². The van der Waals surface area contributed by atoms with Crippen molar-refractivity contribution in [2.75, 3.05) is 7.11 Å². The summed E-state index contributed by atoms with van der Waals surface area (Å²) < 4.78 is 36.4. The molecular weight excluding hydrogens is 420 g/mol. The van der Waals surface area contributed by atoms with E-state index in [1.54, 1.807) is 29.0 Å². The van der Waals surface area contributed by atoms with Crippen molar-refractivity contribution in [3.63, 3.8) is 0 Å². The Morgan fingerprint density at radius 1 is 0.969 bits per heavy atom. The minimum Gasteiger partial charge on any atom is -0.375 e. The highest BCUT2D eigenvalue weighted by atomic mass is 32.2. The van der Waals surface area contributed by atoms with Crippen LogP contribution in [0.15, 0.2) is 71.8 Å². The van der Waals surface area contributed by atoms with Gasteiger partial charge in [-0.1, -0.05) is 85.4 Å². The SMILES string of the molecule is COC(C)c1cc(S(=O)(=O)N(B(C)Cc2ccccc2)B(C)Cc2ccccc2)nn1C. The van der Waals surface area contributed by atoms with Crippen LogP contribution in [0.2, 0.25) is 13.6 Å². The summed E-state index contributed by atoms with van der Waals surface area (Å²) in [4.78, 5) is 0. The van der Waals surface area contributed by atoms with Gasteiger partial charge in [-0.3, -0.25) is 8.81 Å². The molecule has 0 aliphatic heterocycles. The number of aromatic nitrogens is 2. The van der Waals surface area contributed by atoms with Crippen molar-refractivity contribution in [1.82, 2.24) is 13.9 Å². The van der Waals surface area contributed by atoms with Crippen molar-refractivity contribution in [3.8, 4) is 0 Å². The lowest BCUT2D eigenvalue weighted by Crippen LogP contribution is -2.52. The molecule has 0 amide bonds. The lowest BCUT2D eigenvalue weighted by molar-refractivity contribution is 0.112. The highest BCUT2D eigenvalue weighted by Gasteiger charge is 2.38. The molecule has 0 spiro atoms. The molecule has 0 saturated carbocycles. The van der Waals surface area contributed by atoms with Gasteiger partial charge in [0.25, 0.3) is 0 Å². The summed E-state index contributed by atoms with van der Waals surface area (Å²) in [6.07, 6.45) is 0.981. The third-order valence-electron chi connectivity index (χ3n) is 5.82. The fraction of sp³-hybridized carbons (Fsp3) is 0.348. The Hall–Kier alpha value is -2.35. The maximum absolute atomic E-state index is 13.9. The van der Waals surface area contributed by atoms with E-state index in [1.807, 2.05) is 81.2 Å². The first kappa shape index (κ1) is 24.3. The Kier molecular flexibility index (Phi) is 7.98. The van der Waals surface area contributed by atoms with E-state index in [1.165, 1.54) is 0 Å². The fourth-order valence-electron chi connectivity index (χ4n) is 4.19. The van der Waals surface area contributed by atoms with Gasteiger partial charge in [0.1, 0.15) is 0 Å². The van der Waals surface area contributed by atoms with Crippen LogP contribution in [0, 0.1) is 0 Å². The first-order chi connectivity index (χ1) is 15.2. The molecule has 3 aromatic rings. The van der Waals surface area contributed by atoms with Crippen LogP contribution in [0.1, 0.15) is 29.8 Å². The quantitative estimate of drug-likeness (QED) is 0.439. The second-order valence-electron chi connectivity index (χ2n) is 8.32. The van der Waals surface area contributed by atoms with Gasteiger partial charge in [-0.05, 0) is 19.6 Å². The molecule has 0 aliphatic rings. The Bertz CT molecular complexity index is 1060. The number of rotatable bonds is 10. The van der Waals surface area contributed by atoms with E-state index >= 15 is 0 Å². The monoisotopic (exact) mass is 451 g/mol. The third kappa shape index (κ3) is 5.52. The van der Waals surface area contributed by atoms with E-state index in [2.05, 4.69) is 5.10 Å². The van der Waals surface area contributed by atoms with E-state index in [-0.39, 0.29) is 24.8 Å². The maximum Gasteiger partial charge on any atom is 0.242 e. The number of aryl methyl sites for hydroxylation is 1. The average molecular weight is 451 g/mol. The third-order valence-corrected chi connectivity index (χ3v) is 7.83. The predicted molar refractivity (Wildman–Crippen MR) is 131 cm³/mol. The number of nitrogens with zero attached hydrogens (tertiary/aromatic N) is 3. The number of benzene rings is 2. The Morgan fingerprint density at radius 3 is 1.88 bits per heavy atom. The van der Waals surface area contributed by atoms with E-state index in [4.69, 9.17) is 4.74 Å². The molecule has 6 nitrogen and oxygen atoms in total. The molecule has 1 unspecified atom stereocenters. The molecule has 32 heavy (non-hydrogen) atoms. The highest BCUT2D eigenvalue weighted by molar-refractivity contribution is 7.91. The summed E-state index contributed by atoms with van der Waals surface area (Å²) in [5.74, 6) is 0. The van der Waals surface area contributed by atoms with E-state index in [0.29, 0.717) is 12.6 Å². The second-order valence-corrected chi connectivity index (χ2v) is 10.1. The van der Waals surface area contributed by atoms with Gasteiger partial charge < -0.3 is 4.74 Å². The average Bonchev–Trinajstić information content (AvgIpc) is 3.17. The first-order valence-corrected chi connectivity index (χ1v) is 12.4. The number of sulfonamides is 1. The number of ether oxygens (including phenoxy) is 1. The zero-order valence-corrected chi connectivity index (χ0v) is 20.3.